The number of para-hydroxylation sites is 1. The van der Waals surface area contributed by atoms with Gasteiger partial charge in [0, 0.05) is 12.6 Å². The van der Waals surface area contributed by atoms with Gasteiger partial charge in [-0.15, -0.1) is 0 Å². The maximum Gasteiger partial charge on any atom is 0.319 e. The molecular formula is C21H25N3O6. The number of rotatable bonds is 10. The summed E-state index contributed by atoms with van der Waals surface area (Å²) in [6.07, 6.45) is 0. The van der Waals surface area contributed by atoms with Crippen molar-refractivity contribution in [3.8, 4) is 11.5 Å². The maximum absolute atomic E-state index is 12.6. The van der Waals surface area contributed by atoms with Gasteiger partial charge in [-0.05, 0) is 29.8 Å². The van der Waals surface area contributed by atoms with Crippen LogP contribution in [0.25, 0.3) is 0 Å². The average Bonchev–Trinajstić information content (AvgIpc) is 2.73. The molecule has 0 aliphatic heterocycles. The van der Waals surface area contributed by atoms with Gasteiger partial charge in [-0.25, -0.2) is 0 Å². The lowest BCUT2D eigenvalue weighted by Gasteiger charge is -2.21. The molecule has 0 saturated carbocycles. The predicted octanol–water partition coefficient (Wildman–Crippen LogP) is 1.42. The molecular weight excluding hydrogens is 390 g/mol. The summed E-state index contributed by atoms with van der Waals surface area (Å²) in [5.41, 5.74) is 6.62. The van der Waals surface area contributed by atoms with Crippen molar-refractivity contribution < 1.29 is 28.6 Å². The molecule has 0 aliphatic carbocycles. The van der Waals surface area contributed by atoms with Gasteiger partial charge in [0.25, 0.3) is 5.91 Å². The van der Waals surface area contributed by atoms with E-state index in [9.17, 15) is 14.4 Å². The normalized spacial score (nSPS) is 10.4. The molecule has 2 amide bonds. The lowest BCUT2D eigenvalue weighted by Crippen LogP contribution is -2.37. The van der Waals surface area contributed by atoms with E-state index in [1.54, 1.807) is 41.3 Å². The summed E-state index contributed by atoms with van der Waals surface area (Å²) < 4.78 is 15.3. The molecule has 9 nitrogen and oxygen atoms in total. The highest BCUT2D eigenvalue weighted by molar-refractivity contribution is 6.03. The molecule has 3 N–H and O–H groups in total. The second-order valence-electron chi connectivity index (χ2n) is 6.40. The van der Waals surface area contributed by atoms with E-state index >= 15 is 0 Å². The third-order valence-corrected chi connectivity index (χ3v) is 4.23. The van der Waals surface area contributed by atoms with Crippen LogP contribution in [0.4, 0.5) is 5.69 Å². The summed E-state index contributed by atoms with van der Waals surface area (Å²) in [7, 11) is 4.35. The fourth-order valence-corrected chi connectivity index (χ4v) is 2.83. The lowest BCUT2D eigenvalue weighted by molar-refractivity contribution is -0.142. The fraction of sp³-hybridized carbons (Fsp3) is 0.286. The molecule has 0 saturated heterocycles. The lowest BCUT2D eigenvalue weighted by atomic mass is 10.1. The van der Waals surface area contributed by atoms with Crippen LogP contribution >= 0.6 is 0 Å². The number of primary amides is 1. The molecule has 0 fully saturated rings. The smallest absolute Gasteiger partial charge is 0.319 e. The average molecular weight is 415 g/mol. The van der Waals surface area contributed by atoms with Crippen LogP contribution in [0.1, 0.15) is 15.9 Å². The first kappa shape index (κ1) is 22.7. The summed E-state index contributed by atoms with van der Waals surface area (Å²) in [4.78, 5) is 37.6. The number of anilines is 1. The first-order valence-corrected chi connectivity index (χ1v) is 9.06. The van der Waals surface area contributed by atoms with Gasteiger partial charge in [0.1, 0.15) is 11.5 Å². The SMILES string of the molecule is COC(=O)CN(CC(=O)Nc1ccccc1C(N)=O)Cc1cc(OC)cc(OC)c1. The minimum Gasteiger partial charge on any atom is -0.497 e. The topological polar surface area (TPSA) is 120 Å². The Morgan fingerprint density at radius 2 is 1.60 bits per heavy atom. The fourth-order valence-electron chi connectivity index (χ4n) is 2.83. The molecule has 0 bridgehead atoms. The summed E-state index contributed by atoms with van der Waals surface area (Å²) in [6, 6.07) is 11.7. The first-order valence-electron chi connectivity index (χ1n) is 9.06. The van der Waals surface area contributed by atoms with Crippen molar-refractivity contribution in [1.82, 2.24) is 4.90 Å². The zero-order chi connectivity index (χ0) is 22.1. The maximum atomic E-state index is 12.6. The van der Waals surface area contributed by atoms with Crippen LogP contribution in [0.3, 0.4) is 0 Å². The van der Waals surface area contributed by atoms with E-state index in [2.05, 4.69) is 5.32 Å². The van der Waals surface area contributed by atoms with Crippen LogP contribution in [-0.4, -0.2) is 57.1 Å². The molecule has 0 spiro atoms. The third kappa shape index (κ3) is 6.49. The first-order chi connectivity index (χ1) is 14.4. The van der Waals surface area contributed by atoms with Crippen LogP contribution in [-0.2, 0) is 20.9 Å². The van der Waals surface area contributed by atoms with Crippen LogP contribution in [0.2, 0.25) is 0 Å². The van der Waals surface area contributed by atoms with E-state index in [1.807, 2.05) is 0 Å². The number of benzene rings is 2. The molecule has 0 radical (unpaired) electrons. The second-order valence-corrected chi connectivity index (χ2v) is 6.40. The molecule has 0 aromatic heterocycles. The van der Waals surface area contributed by atoms with Gasteiger partial charge in [-0.1, -0.05) is 12.1 Å². The number of methoxy groups -OCH3 is 3. The molecule has 0 unspecified atom stereocenters. The number of amides is 2. The number of nitrogens with zero attached hydrogens (tertiary/aromatic N) is 1. The number of nitrogens with two attached hydrogens (primary N) is 1. The molecule has 9 heteroatoms. The van der Waals surface area contributed by atoms with Crippen molar-refractivity contribution in [3.05, 3.63) is 53.6 Å². The van der Waals surface area contributed by atoms with Gasteiger partial charge < -0.3 is 25.3 Å². The number of carbonyl (C=O) groups excluding carboxylic acids is 3. The van der Waals surface area contributed by atoms with Gasteiger partial charge in [-0.2, -0.15) is 0 Å². The monoisotopic (exact) mass is 415 g/mol. The Labute approximate surface area is 174 Å². The summed E-state index contributed by atoms with van der Waals surface area (Å²) in [5, 5.41) is 2.66. The van der Waals surface area contributed by atoms with Gasteiger partial charge in [0.2, 0.25) is 5.91 Å². The van der Waals surface area contributed by atoms with Crippen LogP contribution in [0, 0.1) is 0 Å². The van der Waals surface area contributed by atoms with Crippen LogP contribution < -0.4 is 20.5 Å². The molecule has 2 aromatic rings. The highest BCUT2D eigenvalue weighted by Crippen LogP contribution is 2.23. The molecule has 30 heavy (non-hydrogen) atoms. The van der Waals surface area contributed by atoms with Crippen molar-refractivity contribution in [2.45, 2.75) is 6.54 Å². The Balaban J connectivity index is 2.18. The van der Waals surface area contributed by atoms with E-state index in [1.165, 1.54) is 27.4 Å². The zero-order valence-electron chi connectivity index (χ0n) is 17.1. The predicted molar refractivity (Wildman–Crippen MR) is 110 cm³/mol. The second kappa shape index (κ2) is 10.8. The number of hydrogen-bond donors (Lipinski definition) is 2. The molecule has 160 valence electrons. The molecule has 2 rings (SSSR count). The summed E-state index contributed by atoms with van der Waals surface area (Å²) >= 11 is 0. The highest BCUT2D eigenvalue weighted by Gasteiger charge is 2.18. The Hall–Kier alpha value is -3.59. The highest BCUT2D eigenvalue weighted by atomic mass is 16.5. The Kier molecular flexibility index (Phi) is 8.18. The quantitative estimate of drug-likeness (QED) is 0.563. The van der Waals surface area contributed by atoms with Gasteiger partial charge >= 0.3 is 5.97 Å². The molecule has 0 heterocycles. The van der Waals surface area contributed by atoms with E-state index in [-0.39, 0.29) is 25.2 Å². The largest absolute Gasteiger partial charge is 0.497 e. The standard InChI is InChI=1S/C21H25N3O6/c1-28-15-8-14(9-16(10-15)29-2)11-24(13-20(26)30-3)12-19(25)23-18-7-5-4-6-17(18)21(22)27/h4-10H,11-13H2,1-3H3,(H2,22,27)(H,23,25). The minimum absolute atomic E-state index is 0.110. The van der Waals surface area contributed by atoms with E-state index in [4.69, 9.17) is 19.9 Å². The van der Waals surface area contributed by atoms with Crippen molar-refractivity contribution >= 4 is 23.5 Å². The number of ether oxygens (including phenoxy) is 3. The Morgan fingerprint density at radius 1 is 0.967 bits per heavy atom. The number of nitrogens with one attached hydrogen (secondary N) is 1. The summed E-state index contributed by atoms with van der Waals surface area (Å²) in [6.45, 7) is 0.0240. The van der Waals surface area contributed by atoms with Crippen molar-refractivity contribution in [2.24, 2.45) is 5.73 Å². The minimum atomic E-state index is -0.652. The van der Waals surface area contributed by atoms with Crippen LogP contribution in [0.5, 0.6) is 11.5 Å². The van der Waals surface area contributed by atoms with Crippen LogP contribution in [0.15, 0.2) is 42.5 Å². The van der Waals surface area contributed by atoms with Gasteiger partial charge in [-0.3, -0.25) is 19.3 Å². The molecule has 0 atom stereocenters. The third-order valence-electron chi connectivity index (χ3n) is 4.23. The molecule has 0 aliphatic rings. The number of carbonyl (C=O) groups is 3. The number of hydrogen-bond acceptors (Lipinski definition) is 7. The zero-order valence-corrected chi connectivity index (χ0v) is 17.1. The van der Waals surface area contributed by atoms with Crippen molar-refractivity contribution in [2.75, 3.05) is 39.7 Å². The Bertz CT molecular complexity index is 893. The summed E-state index contributed by atoms with van der Waals surface area (Å²) in [5.74, 6) is -0.386. The van der Waals surface area contributed by atoms with Crippen molar-refractivity contribution in [1.29, 1.82) is 0 Å². The van der Waals surface area contributed by atoms with Gasteiger partial charge in [0.15, 0.2) is 0 Å². The van der Waals surface area contributed by atoms with E-state index in [0.29, 0.717) is 17.2 Å². The van der Waals surface area contributed by atoms with Gasteiger partial charge in [0.05, 0.1) is 45.7 Å². The van der Waals surface area contributed by atoms with E-state index < -0.39 is 17.8 Å². The molecule has 2 aromatic carbocycles. The van der Waals surface area contributed by atoms with E-state index in [0.717, 1.165) is 5.56 Å². The Morgan fingerprint density at radius 3 is 2.17 bits per heavy atom. The van der Waals surface area contributed by atoms with Crippen molar-refractivity contribution in [3.63, 3.8) is 0 Å². The number of esters is 1.